The second-order valence-electron chi connectivity index (χ2n) is 2.53. The summed E-state index contributed by atoms with van der Waals surface area (Å²) in [5.41, 5.74) is 0.347. The number of phenols is 1. The Morgan fingerprint density at radius 1 is 1.46 bits per heavy atom. The highest BCUT2D eigenvalue weighted by Crippen LogP contribution is 2.35. The van der Waals surface area contributed by atoms with Crippen molar-refractivity contribution in [1.29, 1.82) is 5.26 Å². The van der Waals surface area contributed by atoms with Crippen LogP contribution in [0.25, 0.3) is 10.1 Å². The van der Waals surface area contributed by atoms with Gasteiger partial charge in [-0.3, -0.25) is 0 Å². The van der Waals surface area contributed by atoms with E-state index in [0.29, 0.717) is 5.56 Å². The van der Waals surface area contributed by atoms with Gasteiger partial charge in [-0.05, 0) is 34.1 Å². The fourth-order valence-electron chi connectivity index (χ4n) is 1.19. The lowest BCUT2D eigenvalue weighted by Gasteiger charge is -1.95. The van der Waals surface area contributed by atoms with Crippen molar-refractivity contribution in [3.63, 3.8) is 0 Å². The SMILES string of the molecule is N#Cc1c(O)ccc2sc(Br)cc12. The largest absolute Gasteiger partial charge is 0.507 e. The maximum Gasteiger partial charge on any atom is 0.134 e. The summed E-state index contributed by atoms with van der Waals surface area (Å²) in [7, 11) is 0. The topological polar surface area (TPSA) is 44.0 Å². The molecule has 0 atom stereocenters. The molecule has 1 aromatic heterocycles. The smallest absolute Gasteiger partial charge is 0.134 e. The standard InChI is InChI=1S/C9H4BrNOS/c10-9-3-5-6(4-11)7(12)1-2-8(5)13-9/h1-3,12H. The Morgan fingerprint density at radius 2 is 2.23 bits per heavy atom. The number of phenolic OH excluding ortho intramolecular Hbond substituents is 1. The Hall–Kier alpha value is -1.05. The van der Waals surface area contributed by atoms with Crippen LogP contribution in [-0.2, 0) is 0 Å². The van der Waals surface area contributed by atoms with Crippen molar-refractivity contribution in [3.05, 3.63) is 27.5 Å². The fraction of sp³-hybridized carbons (Fsp3) is 0. The quantitative estimate of drug-likeness (QED) is 0.784. The van der Waals surface area contributed by atoms with Crippen molar-refractivity contribution >= 4 is 37.4 Å². The summed E-state index contributed by atoms with van der Waals surface area (Å²) in [5.74, 6) is 0.0419. The first-order valence-corrected chi connectivity index (χ1v) is 5.14. The van der Waals surface area contributed by atoms with Crippen molar-refractivity contribution in [3.8, 4) is 11.8 Å². The van der Waals surface area contributed by atoms with E-state index >= 15 is 0 Å². The third kappa shape index (κ3) is 1.30. The van der Waals surface area contributed by atoms with Crippen LogP contribution in [-0.4, -0.2) is 5.11 Å². The summed E-state index contributed by atoms with van der Waals surface area (Å²) in [4.78, 5) is 0. The summed E-state index contributed by atoms with van der Waals surface area (Å²) >= 11 is 4.88. The average Bonchev–Trinajstić information content (AvgIpc) is 2.45. The summed E-state index contributed by atoms with van der Waals surface area (Å²) < 4.78 is 1.96. The van der Waals surface area contributed by atoms with E-state index in [2.05, 4.69) is 15.9 Å². The first-order chi connectivity index (χ1) is 6.22. The predicted octanol–water partition coefficient (Wildman–Crippen LogP) is 3.24. The average molecular weight is 254 g/mol. The van der Waals surface area contributed by atoms with Gasteiger partial charge < -0.3 is 5.11 Å². The summed E-state index contributed by atoms with van der Waals surface area (Å²) in [6.07, 6.45) is 0. The van der Waals surface area contributed by atoms with E-state index < -0.39 is 0 Å². The van der Waals surface area contributed by atoms with Gasteiger partial charge >= 0.3 is 0 Å². The molecule has 1 N–H and O–H groups in total. The van der Waals surface area contributed by atoms with E-state index in [9.17, 15) is 5.11 Å². The molecular formula is C9H4BrNOS. The van der Waals surface area contributed by atoms with E-state index in [1.54, 1.807) is 23.5 Å². The van der Waals surface area contributed by atoms with Crippen LogP contribution in [0, 0.1) is 11.3 Å². The van der Waals surface area contributed by atoms with E-state index in [-0.39, 0.29) is 5.75 Å². The molecule has 0 spiro atoms. The van der Waals surface area contributed by atoms with E-state index in [0.717, 1.165) is 13.9 Å². The van der Waals surface area contributed by atoms with Gasteiger partial charge in [-0.1, -0.05) is 0 Å². The molecule has 0 fully saturated rings. The van der Waals surface area contributed by atoms with Gasteiger partial charge in [0.25, 0.3) is 0 Å². The molecule has 0 saturated heterocycles. The van der Waals surface area contributed by atoms with Gasteiger partial charge in [-0.25, -0.2) is 0 Å². The van der Waals surface area contributed by atoms with Crippen LogP contribution in [0.3, 0.4) is 0 Å². The number of benzene rings is 1. The first kappa shape index (κ1) is 8.54. The lowest BCUT2D eigenvalue weighted by Crippen LogP contribution is -1.75. The van der Waals surface area contributed by atoms with Gasteiger partial charge in [-0.2, -0.15) is 5.26 Å². The molecule has 2 aromatic rings. The fourth-order valence-corrected chi connectivity index (χ4v) is 2.73. The van der Waals surface area contributed by atoms with Crippen LogP contribution < -0.4 is 0 Å². The molecule has 13 heavy (non-hydrogen) atoms. The molecule has 4 heteroatoms. The predicted molar refractivity (Wildman–Crippen MR) is 55.9 cm³/mol. The van der Waals surface area contributed by atoms with Crippen LogP contribution in [0.5, 0.6) is 5.75 Å². The number of halogens is 1. The zero-order valence-corrected chi connectivity index (χ0v) is 8.82. The van der Waals surface area contributed by atoms with Gasteiger partial charge in [0.15, 0.2) is 0 Å². The normalized spacial score (nSPS) is 10.2. The van der Waals surface area contributed by atoms with Crippen LogP contribution in [0.1, 0.15) is 5.56 Å². The number of thiophene rings is 1. The molecule has 0 saturated carbocycles. The van der Waals surface area contributed by atoms with Gasteiger partial charge in [0.1, 0.15) is 17.4 Å². The minimum Gasteiger partial charge on any atom is -0.507 e. The third-order valence-electron chi connectivity index (χ3n) is 1.76. The first-order valence-electron chi connectivity index (χ1n) is 3.53. The number of nitrogens with zero attached hydrogens (tertiary/aromatic N) is 1. The molecule has 0 unspecified atom stereocenters. The van der Waals surface area contributed by atoms with Crippen LogP contribution in [0.2, 0.25) is 0 Å². The summed E-state index contributed by atoms with van der Waals surface area (Å²) in [5, 5.41) is 19.0. The molecule has 0 amide bonds. The summed E-state index contributed by atoms with van der Waals surface area (Å²) in [6, 6.07) is 7.18. The number of nitriles is 1. The molecule has 0 aliphatic carbocycles. The van der Waals surface area contributed by atoms with Crippen LogP contribution in [0.4, 0.5) is 0 Å². The van der Waals surface area contributed by atoms with Crippen LogP contribution in [0.15, 0.2) is 22.0 Å². The minimum atomic E-state index is 0.0419. The molecule has 1 aromatic carbocycles. The Bertz CT molecular complexity index is 512. The number of hydrogen-bond donors (Lipinski definition) is 1. The molecule has 0 aliphatic rings. The molecule has 0 radical (unpaired) electrons. The maximum absolute atomic E-state index is 9.38. The zero-order valence-electron chi connectivity index (χ0n) is 6.41. The number of hydrogen-bond acceptors (Lipinski definition) is 3. The number of fused-ring (bicyclic) bond motifs is 1. The monoisotopic (exact) mass is 253 g/mol. The van der Waals surface area contributed by atoms with Crippen molar-refractivity contribution in [2.24, 2.45) is 0 Å². The second kappa shape index (κ2) is 3.02. The second-order valence-corrected chi connectivity index (χ2v) is 5.00. The molecular weight excluding hydrogens is 250 g/mol. The van der Waals surface area contributed by atoms with Gasteiger partial charge in [0, 0.05) is 10.1 Å². The van der Waals surface area contributed by atoms with Crippen molar-refractivity contribution < 1.29 is 5.11 Å². The molecule has 0 aliphatic heterocycles. The van der Waals surface area contributed by atoms with Crippen LogP contribution >= 0.6 is 27.3 Å². The Balaban J connectivity index is 2.93. The lowest BCUT2D eigenvalue weighted by molar-refractivity contribution is 0.474. The van der Waals surface area contributed by atoms with E-state index in [1.807, 2.05) is 12.1 Å². The van der Waals surface area contributed by atoms with Crippen molar-refractivity contribution in [2.75, 3.05) is 0 Å². The molecule has 2 nitrogen and oxygen atoms in total. The van der Waals surface area contributed by atoms with Crippen molar-refractivity contribution in [2.45, 2.75) is 0 Å². The Kier molecular flexibility index (Phi) is 1.98. The highest BCUT2D eigenvalue weighted by Gasteiger charge is 2.08. The van der Waals surface area contributed by atoms with Crippen molar-refractivity contribution in [1.82, 2.24) is 0 Å². The number of aromatic hydroxyl groups is 1. The summed E-state index contributed by atoms with van der Waals surface area (Å²) in [6.45, 7) is 0. The third-order valence-corrected chi connectivity index (χ3v) is 3.36. The molecule has 1 heterocycles. The lowest BCUT2D eigenvalue weighted by atomic mass is 10.1. The van der Waals surface area contributed by atoms with E-state index in [1.165, 1.54) is 0 Å². The van der Waals surface area contributed by atoms with E-state index in [4.69, 9.17) is 5.26 Å². The highest BCUT2D eigenvalue weighted by atomic mass is 79.9. The van der Waals surface area contributed by atoms with Gasteiger partial charge in [0.05, 0.1) is 3.79 Å². The van der Waals surface area contributed by atoms with Gasteiger partial charge in [0.2, 0.25) is 0 Å². The zero-order chi connectivity index (χ0) is 9.42. The Morgan fingerprint density at radius 3 is 2.92 bits per heavy atom. The Labute approximate surface area is 87.2 Å². The minimum absolute atomic E-state index is 0.0419. The highest BCUT2D eigenvalue weighted by molar-refractivity contribution is 9.11. The molecule has 64 valence electrons. The molecule has 2 rings (SSSR count). The van der Waals surface area contributed by atoms with Gasteiger partial charge in [-0.15, -0.1) is 11.3 Å². The molecule has 0 bridgehead atoms. The maximum atomic E-state index is 9.38. The number of rotatable bonds is 0.